The Hall–Kier alpha value is -2.63. The van der Waals surface area contributed by atoms with Gasteiger partial charge >= 0.3 is 0 Å². The standard InChI is InChI=1S/C16H20N4O2/c1-9-5-15(19-16(17)20(9)4)18-14-7-12(10(2)21)6-13(8-14)11(3)22/h5-9,18H,1-4H3,(H2,17,19). The summed E-state index contributed by atoms with van der Waals surface area (Å²) < 4.78 is 0. The third-order valence-corrected chi connectivity index (χ3v) is 3.62. The van der Waals surface area contributed by atoms with E-state index in [2.05, 4.69) is 10.3 Å². The number of nitrogens with two attached hydrogens (primary N) is 1. The molecule has 0 amide bonds. The van der Waals surface area contributed by atoms with Gasteiger partial charge in [-0.2, -0.15) is 4.99 Å². The summed E-state index contributed by atoms with van der Waals surface area (Å²) in [7, 11) is 1.86. The van der Waals surface area contributed by atoms with Gasteiger partial charge in [-0.15, -0.1) is 0 Å². The number of carbonyl (C=O) groups excluding carboxylic acids is 2. The van der Waals surface area contributed by atoms with Crippen molar-refractivity contribution in [3.63, 3.8) is 0 Å². The van der Waals surface area contributed by atoms with E-state index in [0.717, 1.165) is 0 Å². The molecule has 3 N–H and O–H groups in total. The van der Waals surface area contributed by atoms with Crippen LogP contribution in [0.25, 0.3) is 0 Å². The van der Waals surface area contributed by atoms with Crippen LogP contribution in [0.1, 0.15) is 41.5 Å². The second kappa shape index (κ2) is 6.01. The van der Waals surface area contributed by atoms with Crippen LogP contribution in [0.4, 0.5) is 5.69 Å². The first-order valence-corrected chi connectivity index (χ1v) is 7.00. The van der Waals surface area contributed by atoms with Gasteiger partial charge in [0.2, 0.25) is 0 Å². The number of likely N-dealkylation sites (N-methyl/N-ethyl adjacent to an activating group) is 1. The molecule has 116 valence electrons. The number of Topliss-reactive ketones (excluding diaryl/α,β-unsaturated/α-hetero) is 2. The van der Waals surface area contributed by atoms with Crippen molar-refractivity contribution in [3.05, 3.63) is 41.2 Å². The van der Waals surface area contributed by atoms with E-state index in [1.807, 2.05) is 24.9 Å². The average molecular weight is 300 g/mol. The van der Waals surface area contributed by atoms with Crippen molar-refractivity contribution < 1.29 is 9.59 Å². The number of nitrogens with zero attached hydrogens (tertiary/aromatic N) is 2. The molecule has 0 aliphatic carbocycles. The molecule has 0 aromatic heterocycles. The van der Waals surface area contributed by atoms with Crippen molar-refractivity contribution in [2.45, 2.75) is 26.8 Å². The van der Waals surface area contributed by atoms with Gasteiger partial charge in [-0.3, -0.25) is 9.59 Å². The first-order chi connectivity index (χ1) is 10.3. The van der Waals surface area contributed by atoms with Crippen LogP contribution in [0.2, 0.25) is 0 Å². The molecule has 1 unspecified atom stereocenters. The van der Waals surface area contributed by atoms with Gasteiger partial charge in [0.15, 0.2) is 17.5 Å². The molecule has 0 fully saturated rings. The Morgan fingerprint density at radius 1 is 1.18 bits per heavy atom. The quantitative estimate of drug-likeness (QED) is 0.830. The van der Waals surface area contributed by atoms with Crippen LogP contribution in [-0.2, 0) is 0 Å². The molecule has 1 aromatic carbocycles. The van der Waals surface area contributed by atoms with Crippen LogP contribution in [0, 0.1) is 0 Å². The molecule has 0 spiro atoms. The highest BCUT2D eigenvalue weighted by molar-refractivity contribution is 6.01. The maximum atomic E-state index is 11.6. The third-order valence-electron chi connectivity index (χ3n) is 3.62. The zero-order valence-corrected chi connectivity index (χ0v) is 13.2. The van der Waals surface area contributed by atoms with E-state index in [0.29, 0.717) is 28.6 Å². The van der Waals surface area contributed by atoms with Crippen molar-refractivity contribution in [3.8, 4) is 0 Å². The molecular formula is C16H20N4O2. The van der Waals surface area contributed by atoms with Crippen LogP contribution in [0.3, 0.4) is 0 Å². The lowest BCUT2D eigenvalue weighted by molar-refractivity contribution is 0.101. The van der Waals surface area contributed by atoms with Gasteiger partial charge in [-0.05, 0) is 45.0 Å². The number of nitrogens with one attached hydrogen (secondary N) is 1. The maximum Gasteiger partial charge on any atom is 0.198 e. The maximum absolute atomic E-state index is 11.6. The Bertz CT molecular complexity index is 659. The van der Waals surface area contributed by atoms with Gasteiger partial charge < -0.3 is 16.0 Å². The molecular weight excluding hydrogens is 280 g/mol. The molecule has 0 saturated carbocycles. The van der Waals surface area contributed by atoms with E-state index < -0.39 is 0 Å². The fourth-order valence-corrected chi connectivity index (χ4v) is 2.11. The van der Waals surface area contributed by atoms with Crippen molar-refractivity contribution >= 4 is 23.2 Å². The number of ketones is 2. The zero-order valence-electron chi connectivity index (χ0n) is 13.2. The minimum atomic E-state index is -0.0973. The number of guanidine groups is 1. The molecule has 1 aliphatic heterocycles. The lowest BCUT2D eigenvalue weighted by Gasteiger charge is -2.28. The van der Waals surface area contributed by atoms with E-state index in [1.165, 1.54) is 13.8 Å². The highest BCUT2D eigenvalue weighted by atomic mass is 16.1. The third kappa shape index (κ3) is 3.33. The molecule has 22 heavy (non-hydrogen) atoms. The van der Waals surface area contributed by atoms with Gasteiger partial charge in [-0.1, -0.05) is 0 Å². The first kappa shape index (κ1) is 15.8. The molecule has 6 heteroatoms. The number of rotatable bonds is 4. The van der Waals surface area contributed by atoms with Crippen LogP contribution in [0.5, 0.6) is 0 Å². The second-order valence-corrected chi connectivity index (χ2v) is 5.41. The van der Waals surface area contributed by atoms with Crippen LogP contribution >= 0.6 is 0 Å². The number of carbonyl (C=O) groups is 2. The number of anilines is 1. The average Bonchev–Trinajstić information content (AvgIpc) is 2.44. The summed E-state index contributed by atoms with van der Waals surface area (Å²) >= 11 is 0. The van der Waals surface area contributed by atoms with Gasteiger partial charge in [0.25, 0.3) is 0 Å². The number of aliphatic imine (C=N–C) groups is 1. The molecule has 1 aromatic rings. The summed E-state index contributed by atoms with van der Waals surface area (Å²) in [4.78, 5) is 29.3. The molecule has 6 nitrogen and oxygen atoms in total. The lowest BCUT2D eigenvalue weighted by Crippen LogP contribution is -2.42. The Kier molecular flexibility index (Phi) is 4.30. The first-order valence-electron chi connectivity index (χ1n) is 7.00. The van der Waals surface area contributed by atoms with Crippen LogP contribution in [0.15, 0.2) is 35.1 Å². The molecule has 0 radical (unpaired) electrons. The van der Waals surface area contributed by atoms with Gasteiger partial charge in [0.05, 0.1) is 6.04 Å². The summed E-state index contributed by atoms with van der Waals surface area (Å²) in [6, 6.07) is 5.09. The minimum absolute atomic E-state index is 0.0973. The lowest BCUT2D eigenvalue weighted by atomic mass is 10.0. The highest BCUT2D eigenvalue weighted by Crippen LogP contribution is 2.20. The molecule has 1 heterocycles. The van der Waals surface area contributed by atoms with Crippen molar-refractivity contribution in [1.82, 2.24) is 4.90 Å². The van der Waals surface area contributed by atoms with Crippen LogP contribution < -0.4 is 11.1 Å². The van der Waals surface area contributed by atoms with E-state index in [-0.39, 0.29) is 17.6 Å². The van der Waals surface area contributed by atoms with Crippen molar-refractivity contribution in [1.29, 1.82) is 0 Å². The topological polar surface area (TPSA) is 87.8 Å². The largest absolute Gasteiger partial charge is 0.369 e. The van der Waals surface area contributed by atoms with Crippen molar-refractivity contribution in [2.24, 2.45) is 10.7 Å². The van der Waals surface area contributed by atoms with E-state index in [1.54, 1.807) is 18.2 Å². The summed E-state index contributed by atoms with van der Waals surface area (Å²) in [5, 5.41) is 3.12. The second-order valence-electron chi connectivity index (χ2n) is 5.41. The Labute approximate surface area is 129 Å². The summed E-state index contributed by atoms with van der Waals surface area (Å²) in [5.41, 5.74) is 7.45. The Morgan fingerprint density at radius 3 is 2.18 bits per heavy atom. The molecule has 1 atom stereocenters. The molecule has 1 aliphatic rings. The number of hydrogen-bond acceptors (Lipinski definition) is 6. The number of hydrogen-bond donors (Lipinski definition) is 2. The minimum Gasteiger partial charge on any atom is -0.369 e. The summed E-state index contributed by atoms with van der Waals surface area (Å²) in [6.45, 7) is 4.93. The number of benzene rings is 1. The summed E-state index contributed by atoms with van der Waals surface area (Å²) in [5.74, 6) is 0.810. The van der Waals surface area contributed by atoms with E-state index in [4.69, 9.17) is 5.73 Å². The van der Waals surface area contributed by atoms with Gasteiger partial charge in [0.1, 0.15) is 5.82 Å². The Balaban J connectivity index is 2.35. The predicted molar refractivity (Wildman–Crippen MR) is 87.0 cm³/mol. The van der Waals surface area contributed by atoms with E-state index in [9.17, 15) is 9.59 Å². The zero-order chi connectivity index (χ0) is 16.4. The molecule has 0 bridgehead atoms. The fourth-order valence-electron chi connectivity index (χ4n) is 2.11. The van der Waals surface area contributed by atoms with Gasteiger partial charge in [0, 0.05) is 23.9 Å². The smallest absolute Gasteiger partial charge is 0.198 e. The van der Waals surface area contributed by atoms with Crippen LogP contribution in [-0.4, -0.2) is 35.5 Å². The SMILES string of the molecule is CC(=O)c1cc(NC2=CC(C)N(C)C(N)=N2)cc(C(C)=O)c1. The molecule has 0 saturated heterocycles. The normalized spacial score (nSPS) is 17.6. The summed E-state index contributed by atoms with van der Waals surface area (Å²) in [6.07, 6.45) is 1.92. The fraction of sp³-hybridized carbons (Fsp3) is 0.312. The predicted octanol–water partition coefficient (Wildman–Crippen LogP) is 1.99. The van der Waals surface area contributed by atoms with Gasteiger partial charge in [-0.25, -0.2) is 0 Å². The highest BCUT2D eigenvalue weighted by Gasteiger charge is 2.16. The Morgan fingerprint density at radius 2 is 1.73 bits per heavy atom. The molecule has 2 rings (SSSR count). The monoisotopic (exact) mass is 300 g/mol. The van der Waals surface area contributed by atoms with E-state index >= 15 is 0 Å². The van der Waals surface area contributed by atoms with Crippen molar-refractivity contribution in [2.75, 3.05) is 12.4 Å².